The quantitative estimate of drug-likeness (QED) is 0.765. The van der Waals surface area contributed by atoms with Crippen molar-refractivity contribution >= 4 is 27.6 Å². The largest absolute Gasteiger partial charge is 0.337 e. The normalized spacial score (nSPS) is 13.7. The Bertz CT molecular complexity index is 961. The number of fused-ring (bicyclic) bond motifs is 1. The second-order valence-corrected chi connectivity index (χ2v) is 7.45. The maximum atomic E-state index is 12.2. The van der Waals surface area contributed by atoms with Gasteiger partial charge in [0.15, 0.2) is 9.84 Å². The van der Waals surface area contributed by atoms with E-state index in [1.165, 1.54) is 30.3 Å². The second-order valence-electron chi connectivity index (χ2n) is 5.47. The summed E-state index contributed by atoms with van der Waals surface area (Å²) in [5.74, 6) is -2.37. The number of nitrogens with zero attached hydrogens (tertiary/aromatic N) is 1. The average Bonchev–Trinajstić information content (AvgIpc) is 2.80. The Balaban J connectivity index is 1.80. The molecule has 1 aliphatic heterocycles. The minimum absolute atomic E-state index is 0.00527. The first-order chi connectivity index (χ1) is 11.8. The van der Waals surface area contributed by atoms with Crippen LogP contribution in [0.3, 0.4) is 0 Å². The number of imide groups is 1. The molecule has 1 aliphatic rings. The lowest BCUT2D eigenvalue weighted by atomic mass is 10.1. The molecule has 3 rings (SSSR count). The lowest BCUT2D eigenvalue weighted by molar-refractivity contribution is -0.167. The molecule has 128 valence electrons. The monoisotopic (exact) mass is 359 g/mol. The predicted octanol–water partition coefficient (Wildman–Crippen LogP) is 1.39. The molecule has 0 atom stereocenters. The molecular weight excluding hydrogens is 346 g/mol. The van der Waals surface area contributed by atoms with Crippen LogP contribution >= 0.6 is 0 Å². The Hall–Kier alpha value is -3.00. The van der Waals surface area contributed by atoms with Crippen molar-refractivity contribution in [2.24, 2.45) is 0 Å². The summed E-state index contributed by atoms with van der Waals surface area (Å²) in [7, 11) is -3.53. The van der Waals surface area contributed by atoms with Gasteiger partial charge in [0.05, 0.1) is 22.4 Å². The van der Waals surface area contributed by atoms with Crippen molar-refractivity contribution in [2.45, 2.75) is 11.3 Å². The van der Waals surface area contributed by atoms with Gasteiger partial charge in [0.25, 0.3) is 11.8 Å². The van der Waals surface area contributed by atoms with Crippen LogP contribution in [-0.2, 0) is 25.9 Å². The summed E-state index contributed by atoms with van der Waals surface area (Å²) in [6.07, 6.45) is 0.637. The van der Waals surface area contributed by atoms with E-state index >= 15 is 0 Å². The Labute approximate surface area is 143 Å². The van der Waals surface area contributed by atoms with Gasteiger partial charge < -0.3 is 4.84 Å². The summed E-state index contributed by atoms with van der Waals surface area (Å²) in [6, 6.07) is 12.1. The molecule has 7 nitrogen and oxygen atoms in total. The molecule has 8 heteroatoms. The molecule has 0 unspecified atom stereocenters. The van der Waals surface area contributed by atoms with Gasteiger partial charge in [-0.2, -0.15) is 0 Å². The molecule has 0 saturated heterocycles. The molecule has 0 aromatic heterocycles. The highest BCUT2D eigenvalue weighted by Gasteiger charge is 2.38. The number of amides is 2. The van der Waals surface area contributed by atoms with E-state index < -0.39 is 34.0 Å². The van der Waals surface area contributed by atoms with Gasteiger partial charge in [0.2, 0.25) is 0 Å². The Morgan fingerprint density at radius 3 is 2.04 bits per heavy atom. The summed E-state index contributed by atoms with van der Waals surface area (Å²) in [4.78, 5) is 41.3. The molecule has 0 bridgehead atoms. The van der Waals surface area contributed by atoms with Gasteiger partial charge in [-0.3, -0.25) is 9.59 Å². The molecule has 0 radical (unpaired) electrons. The maximum absolute atomic E-state index is 12.2. The maximum Gasteiger partial charge on any atom is 0.337 e. The molecule has 2 aromatic rings. The zero-order valence-corrected chi connectivity index (χ0v) is 13.9. The van der Waals surface area contributed by atoms with E-state index in [1.54, 1.807) is 18.2 Å². The number of carbonyl (C=O) groups excluding carboxylic acids is 3. The van der Waals surface area contributed by atoms with Crippen molar-refractivity contribution in [1.29, 1.82) is 0 Å². The fraction of sp³-hybridized carbons (Fsp3) is 0.118. The van der Waals surface area contributed by atoms with Crippen LogP contribution in [0.1, 0.15) is 26.3 Å². The van der Waals surface area contributed by atoms with E-state index in [-0.39, 0.29) is 21.6 Å². The molecule has 0 fully saturated rings. The van der Waals surface area contributed by atoms with E-state index in [0.29, 0.717) is 5.06 Å². The van der Waals surface area contributed by atoms with E-state index in [9.17, 15) is 22.8 Å². The van der Waals surface area contributed by atoms with Crippen LogP contribution in [-0.4, -0.2) is 37.5 Å². The summed E-state index contributed by atoms with van der Waals surface area (Å²) in [5, 5.41) is 0.399. The SMILES string of the molecule is CS(=O)(=O)c1ccccc1CC(=O)ON1C(=O)c2ccccc2C1=O. The fourth-order valence-electron chi connectivity index (χ4n) is 2.55. The average molecular weight is 359 g/mol. The fourth-order valence-corrected chi connectivity index (χ4v) is 3.49. The minimum atomic E-state index is -3.53. The van der Waals surface area contributed by atoms with Gasteiger partial charge in [-0.15, -0.1) is 0 Å². The van der Waals surface area contributed by atoms with Crippen LogP contribution in [0.4, 0.5) is 0 Å². The number of benzene rings is 2. The molecule has 0 aliphatic carbocycles. The van der Waals surface area contributed by atoms with E-state index in [0.717, 1.165) is 6.26 Å². The number of hydrogen-bond donors (Lipinski definition) is 0. The summed E-state index contributed by atoms with van der Waals surface area (Å²) in [6.45, 7) is 0. The van der Waals surface area contributed by atoms with Gasteiger partial charge in [0.1, 0.15) is 0 Å². The van der Waals surface area contributed by atoms with Gasteiger partial charge in [-0.05, 0) is 23.8 Å². The second kappa shape index (κ2) is 6.14. The summed E-state index contributed by atoms with van der Waals surface area (Å²) in [5.41, 5.74) is 0.528. The highest BCUT2D eigenvalue weighted by molar-refractivity contribution is 7.90. The van der Waals surface area contributed by atoms with E-state index in [4.69, 9.17) is 4.84 Å². The van der Waals surface area contributed by atoms with Crippen molar-refractivity contribution < 1.29 is 27.6 Å². The van der Waals surface area contributed by atoms with Crippen molar-refractivity contribution in [1.82, 2.24) is 5.06 Å². The van der Waals surface area contributed by atoms with Gasteiger partial charge >= 0.3 is 5.97 Å². The van der Waals surface area contributed by atoms with Crippen LogP contribution < -0.4 is 0 Å². The molecule has 25 heavy (non-hydrogen) atoms. The number of hydrogen-bond acceptors (Lipinski definition) is 6. The van der Waals surface area contributed by atoms with Gasteiger partial charge in [0, 0.05) is 6.26 Å². The van der Waals surface area contributed by atoms with Gasteiger partial charge in [-0.25, -0.2) is 13.2 Å². The van der Waals surface area contributed by atoms with Crippen molar-refractivity contribution in [3.8, 4) is 0 Å². The third-order valence-electron chi connectivity index (χ3n) is 3.66. The van der Waals surface area contributed by atoms with E-state index in [2.05, 4.69) is 0 Å². The summed E-state index contributed by atoms with van der Waals surface area (Å²) < 4.78 is 23.5. The van der Waals surface area contributed by atoms with Crippen LogP contribution in [0.15, 0.2) is 53.4 Å². The van der Waals surface area contributed by atoms with Crippen LogP contribution in [0.5, 0.6) is 0 Å². The van der Waals surface area contributed by atoms with Crippen molar-refractivity contribution in [2.75, 3.05) is 6.26 Å². The predicted molar refractivity (Wildman–Crippen MR) is 86.3 cm³/mol. The zero-order valence-electron chi connectivity index (χ0n) is 13.1. The summed E-state index contributed by atoms with van der Waals surface area (Å²) >= 11 is 0. The standard InChI is InChI=1S/C17H13NO6S/c1-25(22,23)14-9-5-2-6-11(14)10-15(19)24-18-16(20)12-7-3-4-8-13(12)17(18)21/h2-9H,10H2,1H3. The molecule has 2 amide bonds. The molecule has 0 saturated carbocycles. The lowest BCUT2D eigenvalue weighted by Gasteiger charge is -2.13. The smallest absolute Gasteiger partial charge is 0.329 e. The van der Waals surface area contributed by atoms with Gasteiger partial charge in [-0.1, -0.05) is 35.4 Å². The number of carbonyl (C=O) groups is 3. The molecule has 0 N–H and O–H groups in total. The number of sulfone groups is 1. The van der Waals surface area contributed by atoms with Crippen LogP contribution in [0.2, 0.25) is 0 Å². The topological polar surface area (TPSA) is 97.8 Å². The lowest BCUT2D eigenvalue weighted by Crippen LogP contribution is -2.33. The highest BCUT2D eigenvalue weighted by atomic mass is 32.2. The van der Waals surface area contributed by atoms with E-state index in [1.807, 2.05) is 0 Å². The van der Waals surface area contributed by atoms with Crippen LogP contribution in [0.25, 0.3) is 0 Å². The molecule has 2 aromatic carbocycles. The van der Waals surface area contributed by atoms with Crippen LogP contribution in [0, 0.1) is 0 Å². The van der Waals surface area contributed by atoms with Crippen molar-refractivity contribution in [3.05, 3.63) is 65.2 Å². The first-order valence-corrected chi connectivity index (χ1v) is 9.15. The zero-order chi connectivity index (χ0) is 18.2. The Morgan fingerprint density at radius 1 is 0.960 bits per heavy atom. The molecule has 0 spiro atoms. The third-order valence-corrected chi connectivity index (χ3v) is 4.85. The first-order valence-electron chi connectivity index (χ1n) is 7.25. The van der Waals surface area contributed by atoms with Crippen molar-refractivity contribution in [3.63, 3.8) is 0 Å². The Kier molecular flexibility index (Phi) is 4.13. The number of rotatable bonds is 4. The molecule has 1 heterocycles. The number of hydroxylamine groups is 2. The Morgan fingerprint density at radius 2 is 1.48 bits per heavy atom. The minimum Gasteiger partial charge on any atom is -0.329 e. The molecular formula is C17H13NO6S. The third kappa shape index (κ3) is 3.16. The first kappa shape index (κ1) is 16.8. The highest BCUT2D eigenvalue weighted by Crippen LogP contribution is 2.23.